The summed E-state index contributed by atoms with van der Waals surface area (Å²) in [7, 11) is 0. The highest BCUT2D eigenvalue weighted by atomic mass is 127. The maximum absolute atomic E-state index is 13.0. The lowest BCUT2D eigenvalue weighted by atomic mass is 10.1. The zero-order valence-corrected chi connectivity index (χ0v) is 14.8. The summed E-state index contributed by atoms with van der Waals surface area (Å²) in [6, 6.07) is 7.07. The largest absolute Gasteiger partial charge is 0.357 e. The molecule has 0 bridgehead atoms. The standard InChI is InChI=1S/C15H24FN3.HI/c1-4-12(3)19-15(17-5-2)18-10-9-13-7-6-8-14(16)11-13;/h6-8,11-12H,4-5,9-10H2,1-3H3,(H2,17,18,19);1H. The second-order valence-corrected chi connectivity index (χ2v) is 4.59. The quantitative estimate of drug-likeness (QED) is 0.442. The molecule has 0 fully saturated rings. The number of hydrogen-bond donors (Lipinski definition) is 2. The van der Waals surface area contributed by atoms with Crippen LogP contribution in [-0.4, -0.2) is 25.1 Å². The van der Waals surface area contributed by atoms with Gasteiger partial charge >= 0.3 is 0 Å². The molecule has 0 radical (unpaired) electrons. The SMILES string of the molecule is CCNC(=NCCc1cccc(F)c1)NC(C)CC.I. The Morgan fingerprint density at radius 2 is 2.10 bits per heavy atom. The molecule has 2 N–H and O–H groups in total. The predicted molar refractivity (Wildman–Crippen MR) is 94.4 cm³/mol. The average molecular weight is 393 g/mol. The van der Waals surface area contributed by atoms with Crippen molar-refractivity contribution in [3.63, 3.8) is 0 Å². The minimum Gasteiger partial charge on any atom is -0.357 e. The van der Waals surface area contributed by atoms with Gasteiger partial charge in [0.2, 0.25) is 0 Å². The van der Waals surface area contributed by atoms with Crippen molar-refractivity contribution in [2.45, 2.75) is 39.7 Å². The lowest BCUT2D eigenvalue weighted by Crippen LogP contribution is -2.42. The fraction of sp³-hybridized carbons (Fsp3) is 0.533. The first-order valence-electron chi connectivity index (χ1n) is 6.95. The number of nitrogens with zero attached hydrogens (tertiary/aromatic N) is 1. The van der Waals surface area contributed by atoms with Crippen LogP contribution in [0.15, 0.2) is 29.3 Å². The molecule has 0 saturated carbocycles. The third-order valence-corrected chi connectivity index (χ3v) is 2.90. The summed E-state index contributed by atoms with van der Waals surface area (Å²) in [6.07, 6.45) is 1.79. The van der Waals surface area contributed by atoms with Crippen molar-refractivity contribution in [2.24, 2.45) is 4.99 Å². The van der Waals surface area contributed by atoms with Crippen LogP contribution in [0.25, 0.3) is 0 Å². The maximum Gasteiger partial charge on any atom is 0.191 e. The molecule has 114 valence electrons. The summed E-state index contributed by atoms with van der Waals surface area (Å²) in [6.45, 7) is 7.78. The van der Waals surface area contributed by atoms with Gasteiger partial charge in [0.15, 0.2) is 5.96 Å². The van der Waals surface area contributed by atoms with E-state index in [0.29, 0.717) is 12.6 Å². The number of guanidine groups is 1. The fourth-order valence-electron chi connectivity index (χ4n) is 1.64. The Labute approximate surface area is 138 Å². The smallest absolute Gasteiger partial charge is 0.191 e. The van der Waals surface area contributed by atoms with Gasteiger partial charge in [-0.15, -0.1) is 24.0 Å². The Kier molecular flexibility index (Phi) is 10.4. The second-order valence-electron chi connectivity index (χ2n) is 4.59. The van der Waals surface area contributed by atoms with Gasteiger partial charge in [0.25, 0.3) is 0 Å². The maximum atomic E-state index is 13.0. The van der Waals surface area contributed by atoms with E-state index in [2.05, 4.69) is 29.5 Å². The van der Waals surface area contributed by atoms with Gasteiger partial charge in [-0.3, -0.25) is 4.99 Å². The topological polar surface area (TPSA) is 36.4 Å². The zero-order valence-electron chi connectivity index (χ0n) is 12.4. The van der Waals surface area contributed by atoms with E-state index in [1.165, 1.54) is 6.07 Å². The number of benzene rings is 1. The van der Waals surface area contributed by atoms with Crippen molar-refractivity contribution in [2.75, 3.05) is 13.1 Å². The van der Waals surface area contributed by atoms with Gasteiger partial charge in [0.1, 0.15) is 5.82 Å². The van der Waals surface area contributed by atoms with Crippen LogP contribution in [0.4, 0.5) is 4.39 Å². The van der Waals surface area contributed by atoms with Crippen LogP contribution in [0.1, 0.15) is 32.8 Å². The first kappa shape index (κ1) is 19.1. The summed E-state index contributed by atoms with van der Waals surface area (Å²) in [5, 5.41) is 6.54. The number of hydrogen-bond acceptors (Lipinski definition) is 1. The molecule has 1 aromatic carbocycles. The molecule has 0 heterocycles. The highest BCUT2D eigenvalue weighted by Crippen LogP contribution is 2.04. The van der Waals surface area contributed by atoms with Crippen LogP contribution >= 0.6 is 24.0 Å². The van der Waals surface area contributed by atoms with Gasteiger partial charge in [-0.05, 0) is 44.4 Å². The molecule has 0 amide bonds. The van der Waals surface area contributed by atoms with E-state index in [0.717, 1.165) is 30.9 Å². The molecule has 0 spiro atoms. The summed E-state index contributed by atoms with van der Waals surface area (Å²) in [4.78, 5) is 4.50. The highest BCUT2D eigenvalue weighted by molar-refractivity contribution is 14.0. The number of rotatable bonds is 6. The third kappa shape index (κ3) is 7.67. The van der Waals surface area contributed by atoms with Gasteiger partial charge < -0.3 is 10.6 Å². The molecule has 0 saturated heterocycles. The molecule has 0 aliphatic heterocycles. The first-order valence-corrected chi connectivity index (χ1v) is 6.95. The summed E-state index contributed by atoms with van der Waals surface area (Å²) < 4.78 is 13.0. The van der Waals surface area contributed by atoms with E-state index < -0.39 is 0 Å². The lowest BCUT2D eigenvalue weighted by Gasteiger charge is -2.16. The van der Waals surface area contributed by atoms with Crippen LogP contribution in [0, 0.1) is 5.82 Å². The van der Waals surface area contributed by atoms with E-state index in [1.807, 2.05) is 13.0 Å². The number of aliphatic imine (C=N–C) groups is 1. The van der Waals surface area contributed by atoms with Crippen LogP contribution in [0.2, 0.25) is 0 Å². The van der Waals surface area contributed by atoms with E-state index >= 15 is 0 Å². The molecule has 1 aromatic rings. The van der Waals surface area contributed by atoms with Gasteiger partial charge in [0.05, 0.1) is 0 Å². The molecule has 1 atom stereocenters. The highest BCUT2D eigenvalue weighted by Gasteiger charge is 2.02. The van der Waals surface area contributed by atoms with E-state index in [1.54, 1.807) is 12.1 Å². The van der Waals surface area contributed by atoms with Crippen molar-refractivity contribution < 1.29 is 4.39 Å². The predicted octanol–water partition coefficient (Wildman–Crippen LogP) is 3.34. The Morgan fingerprint density at radius 1 is 1.35 bits per heavy atom. The van der Waals surface area contributed by atoms with Crippen LogP contribution < -0.4 is 10.6 Å². The van der Waals surface area contributed by atoms with Crippen molar-refractivity contribution in [3.8, 4) is 0 Å². The molecular formula is C15H25FIN3. The Bertz CT molecular complexity index is 410. The summed E-state index contributed by atoms with van der Waals surface area (Å²) >= 11 is 0. The van der Waals surface area contributed by atoms with Gasteiger partial charge in [-0.1, -0.05) is 19.1 Å². The van der Waals surface area contributed by atoms with Crippen molar-refractivity contribution in [1.29, 1.82) is 0 Å². The fourth-order valence-corrected chi connectivity index (χ4v) is 1.64. The van der Waals surface area contributed by atoms with E-state index in [9.17, 15) is 4.39 Å². The monoisotopic (exact) mass is 393 g/mol. The average Bonchev–Trinajstić information content (AvgIpc) is 2.39. The second kappa shape index (κ2) is 10.9. The molecule has 0 aliphatic rings. The van der Waals surface area contributed by atoms with Crippen LogP contribution in [0.5, 0.6) is 0 Å². The van der Waals surface area contributed by atoms with Gasteiger partial charge in [0, 0.05) is 19.1 Å². The Balaban J connectivity index is 0.00000361. The minimum atomic E-state index is -0.189. The Hall–Kier alpha value is -0.850. The Morgan fingerprint density at radius 3 is 2.70 bits per heavy atom. The third-order valence-electron chi connectivity index (χ3n) is 2.90. The zero-order chi connectivity index (χ0) is 14.1. The minimum absolute atomic E-state index is 0. The van der Waals surface area contributed by atoms with E-state index in [-0.39, 0.29) is 29.8 Å². The van der Waals surface area contributed by atoms with E-state index in [4.69, 9.17) is 0 Å². The van der Waals surface area contributed by atoms with Gasteiger partial charge in [-0.2, -0.15) is 0 Å². The molecule has 0 aromatic heterocycles. The molecule has 5 heteroatoms. The molecule has 20 heavy (non-hydrogen) atoms. The van der Waals surface area contributed by atoms with Crippen LogP contribution in [-0.2, 0) is 6.42 Å². The number of nitrogens with one attached hydrogen (secondary N) is 2. The van der Waals surface area contributed by atoms with Crippen molar-refractivity contribution in [1.82, 2.24) is 10.6 Å². The molecule has 1 rings (SSSR count). The van der Waals surface area contributed by atoms with Crippen molar-refractivity contribution >= 4 is 29.9 Å². The molecular weight excluding hydrogens is 368 g/mol. The van der Waals surface area contributed by atoms with Crippen molar-refractivity contribution in [3.05, 3.63) is 35.6 Å². The normalized spacial score (nSPS) is 12.5. The summed E-state index contributed by atoms with van der Waals surface area (Å²) in [5.74, 6) is 0.638. The first-order chi connectivity index (χ1) is 9.15. The van der Waals surface area contributed by atoms with Gasteiger partial charge in [-0.25, -0.2) is 4.39 Å². The van der Waals surface area contributed by atoms with Crippen LogP contribution in [0.3, 0.4) is 0 Å². The molecule has 0 aliphatic carbocycles. The molecule has 1 unspecified atom stereocenters. The molecule has 3 nitrogen and oxygen atoms in total. The lowest BCUT2D eigenvalue weighted by molar-refractivity contribution is 0.622. The summed E-state index contributed by atoms with van der Waals surface area (Å²) in [5.41, 5.74) is 0.975. The number of halogens is 2.